The average molecular weight is 198 g/mol. The maximum Gasteiger partial charge on any atom is 0.0107 e. The van der Waals surface area contributed by atoms with Crippen LogP contribution in [0.1, 0.15) is 39.0 Å². The second kappa shape index (κ2) is 6.41. The van der Waals surface area contributed by atoms with E-state index in [-0.39, 0.29) is 0 Å². The lowest BCUT2D eigenvalue weighted by molar-refractivity contribution is 0.253. The molecule has 0 aromatic heterocycles. The van der Waals surface area contributed by atoms with Crippen molar-refractivity contribution in [3.05, 3.63) is 0 Å². The van der Waals surface area contributed by atoms with Crippen molar-refractivity contribution in [1.29, 1.82) is 0 Å². The summed E-state index contributed by atoms with van der Waals surface area (Å²) in [6.45, 7) is 4.59. The smallest absolute Gasteiger partial charge is 0.0107 e. The zero-order chi connectivity index (χ0) is 10.4. The van der Waals surface area contributed by atoms with Crippen molar-refractivity contribution in [3.8, 4) is 0 Å². The molecule has 1 rings (SSSR count). The molecule has 0 amide bonds. The molecule has 0 aromatic carbocycles. The van der Waals surface area contributed by atoms with E-state index in [2.05, 4.69) is 31.2 Å². The Morgan fingerprint density at radius 3 is 2.50 bits per heavy atom. The van der Waals surface area contributed by atoms with E-state index in [1.807, 2.05) is 0 Å². The number of hydrogen-bond acceptors (Lipinski definition) is 2. The van der Waals surface area contributed by atoms with Crippen LogP contribution in [0.25, 0.3) is 0 Å². The predicted molar refractivity (Wildman–Crippen MR) is 62.6 cm³/mol. The van der Waals surface area contributed by atoms with Gasteiger partial charge in [-0.2, -0.15) is 0 Å². The molecule has 0 saturated heterocycles. The predicted octanol–water partition coefficient (Wildman–Crippen LogP) is 2.11. The molecule has 0 aromatic rings. The van der Waals surface area contributed by atoms with Gasteiger partial charge in [0.05, 0.1) is 0 Å². The molecular formula is C12H26N2. The zero-order valence-corrected chi connectivity index (χ0v) is 10.1. The van der Waals surface area contributed by atoms with Gasteiger partial charge >= 0.3 is 0 Å². The van der Waals surface area contributed by atoms with Gasteiger partial charge in [0.15, 0.2) is 0 Å². The van der Waals surface area contributed by atoms with Gasteiger partial charge in [-0.1, -0.05) is 26.2 Å². The van der Waals surface area contributed by atoms with Gasteiger partial charge in [-0.05, 0) is 39.4 Å². The van der Waals surface area contributed by atoms with Crippen LogP contribution >= 0.6 is 0 Å². The summed E-state index contributed by atoms with van der Waals surface area (Å²) in [5, 5.41) is 3.65. The van der Waals surface area contributed by atoms with Crippen LogP contribution in [0.3, 0.4) is 0 Å². The summed E-state index contributed by atoms with van der Waals surface area (Å²) in [5.74, 6) is 0.868. The van der Waals surface area contributed by atoms with E-state index < -0.39 is 0 Å². The molecule has 1 aliphatic carbocycles. The van der Waals surface area contributed by atoms with Crippen molar-refractivity contribution in [2.24, 2.45) is 5.92 Å². The summed E-state index contributed by atoms with van der Waals surface area (Å²) in [7, 11) is 4.38. The van der Waals surface area contributed by atoms with Gasteiger partial charge in [0, 0.05) is 12.6 Å². The Morgan fingerprint density at radius 2 is 1.86 bits per heavy atom. The van der Waals surface area contributed by atoms with E-state index in [0.29, 0.717) is 0 Å². The second-order valence-corrected chi connectivity index (χ2v) is 4.82. The zero-order valence-electron chi connectivity index (χ0n) is 10.1. The molecule has 2 heteroatoms. The molecule has 0 spiro atoms. The summed E-state index contributed by atoms with van der Waals surface area (Å²) in [4.78, 5) is 2.33. The fourth-order valence-corrected chi connectivity index (χ4v) is 2.60. The summed E-state index contributed by atoms with van der Waals surface area (Å²) >= 11 is 0. The van der Waals surface area contributed by atoms with E-state index in [1.54, 1.807) is 0 Å². The monoisotopic (exact) mass is 198 g/mol. The fraction of sp³-hybridized carbons (Fsp3) is 1.00. The van der Waals surface area contributed by atoms with Crippen LogP contribution in [0.15, 0.2) is 0 Å². The van der Waals surface area contributed by atoms with Gasteiger partial charge in [0.25, 0.3) is 0 Å². The van der Waals surface area contributed by atoms with Crippen molar-refractivity contribution in [1.82, 2.24) is 10.2 Å². The standard InChI is InChI=1S/C12H26N2/c1-4-13-12-9-7-5-6-8-11(12)10-14(2)3/h11-13H,4-10H2,1-3H3. The van der Waals surface area contributed by atoms with E-state index in [9.17, 15) is 0 Å². The molecule has 1 N–H and O–H groups in total. The third-order valence-electron chi connectivity index (χ3n) is 3.23. The minimum Gasteiger partial charge on any atom is -0.314 e. The highest BCUT2D eigenvalue weighted by molar-refractivity contribution is 4.80. The van der Waals surface area contributed by atoms with Gasteiger partial charge in [-0.3, -0.25) is 0 Å². The Labute approximate surface area is 89.1 Å². The molecule has 2 atom stereocenters. The Hall–Kier alpha value is -0.0800. The van der Waals surface area contributed by atoms with Gasteiger partial charge in [-0.15, -0.1) is 0 Å². The molecule has 2 unspecified atom stereocenters. The van der Waals surface area contributed by atoms with Crippen LogP contribution in [0.2, 0.25) is 0 Å². The highest BCUT2D eigenvalue weighted by Crippen LogP contribution is 2.23. The van der Waals surface area contributed by atoms with Crippen LogP contribution in [0.5, 0.6) is 0 Å². The van der Waals surface area contributed by atoms with Crippen LogP contribution in [-0.2, 0) is 0 Å². The fourth-order valence-electron chi connectivity index (χ4n) is 2.60. The van der Waals surface area contributed by atoms with Gasteiger partial charge in [0.2, 0.25) is 0 Å². The topological polar surface area (TPSA) is 15.3 Å². The molecule has 0 radical (unpaired) electrons. The van der Waals surface area contributed by atoms with Crippen molar-refractivity contribution in [3.63, 3.8) is 0 Å². The maximum atomic E-state index is 3.65. The van der Waals surface area contributed by atoms with E-state index in [1.165, 1.54) is 38.6 Å². The molecular weight excluding hydrogens is 172 g/mol. The van der Waals surface area contributed by atoms with Gasteiger partial charge in [-0.25, -0.2) is 0 Å². The number of nitrogens with one attached hydrogen (secondary N) is 1. The van der Waals surface area contributed by atoms with Gasteiger partial charge < -0.3 is 10.2 Å². The highest BCUT2D eigenvalue weighted by Gasteiger charge is 2.22. The Balaban J connectivity index is 2.45. The lowest BCUT2D eigenvalue weighted by Crippen LogP contribution is -2.40. The van der Waals surface area contributed by atoms with Crippen LogP contribution in [0.4, 0.5) is 0 Å². The second-order valence-electron chi connectivity index (χ2n) is 4.82. The van der Waals surface area contributed by atoms with Crippen LogP contribution < -0.4 is 5.32 Å². The molecule has 0 bridgehead atoms. The first-order valence-electron chi connectivity index (χ1n) is 6.12. The average Bonchev–Trinajstić information content (AvgIpc) is 2.32. The van der Waals surface area contributed by atoms with Crippen molar-refractivity contribution in [2.45, 2.75) is 45.1 Å². The lowest BCUT2D eigenvalue weighted by Gasteiger charge is -2.28. The molecule has 2 nitrogen and oxygen atoms in total. The number of rotatable bonds is 4. The van der Waals surface area contributed by atoms with E-state index in [0.717, 1.165) is 18.5 Å². The minimum atomic E-state index is 0.768. The van der Waals surface area contributed by atoms with Crippen LogP contribution in [0, 0.1) is 5.92 Å². The quantitative estimate of drug-likeness (QED) is 0.696. The summed E-state index contributed by atoms with van der Waals surface area (Å²) < 4.78 is 0. The summed E-state index contributed by atoms with van der Waals surface area (Å²) in [6.07, 6.45) is 7.08. The third kappa shape index (κ3) is 3.97. The molecule has 84 valence electrons. The van der Waals surface area contributed by atoms with Crippen molar-refractivity contribution >= 4 is 0 Å². The van der Waals surface area contributed by atoms with E-state index in [4.69, 9.17) is 0 Å². The molecule has 14 heavy (non-hydrogen) atoms. The first-order valence-corrected chi connectivity index (χ1v) is 6.12. The number of nitrogens with zero attached hydrogens (tertiary/aromatic N) is 1. The Bertz CT molecular complexity index is 145. The summed E-state index contributed by atoms with van der Waals surface area (Å²) in [6, 6.07) is 0.768. The largest absolute Gasteiger partial charge is 0.314 e. The third-order valence-corrected chi connectivity index (χ3v) is 3.23. The molecule has 1 fully saturated rings. The Kier molecular flexibility index (Phi) is 5.49. The maximum absolute atomic E-state index is 3.65. The first-order chi connectivity index (χ1) is 6.74. The Morgan fingerprint density at radius 1 is 1.14 bits per heavy atom. The lowest BCUT2D eigenvalue weighted by atomic mass is 9.94. The minimum absolute atomic E-state index is 0.768. The van der Waals surface area contributed by atoms with Gasteiger partial charge in [0.1, 0.15) is 0 Å². The molecule has 1 aliphatic rings. The van der Waals surface area contributed by atoms with Crippen molar-refractivity contribution < 1.29 is 0 Å². The number of hydrogen-bond donors (Lipinski definition) is 1. The molecule has 1 saturated carbocycles. The van der Waals surface area contributed by atoms with E-state index >= 15 is 0 Å². The molecule has 0 aliphatic heterocycles. The van der Waals surface area contributed by atoms with Crippen molar-refractivity contribution in [2.75, 3.05) is 27.2 Å². The SMILES string of the molecule is CCNC1CCCCCC1CN(C)C. The normalized spacial score (nSPS) is 29.1. The molecule has 0 heterocycles. The first kappa shape index (κ1) is 12.0. The summed E-state index contributed by atoms with van der Waals surface area (Å²) in [5.41, 5.74) is 0. The highest BCUT2D eigenvalue weighted by atomic mass is 15.1. The van der Waals surface area contributed by atoms with Crippen LogP contribution in [-0.4, -0.2) is 38.1 Å².